The van der Waals surface area contributed by atoms with E-state index in [9.17, 15) is 18.0 Å². The molecule has 1 heterocycles. The Hall–Kier alpha value is -1.76. The number of rotatable bonds is 5. The van der Waals surface area contributed by atoms with Gasteiger partial charge in [-0.1, -0.05) is 25.1 Å². The van der Waals surface area contributed by atoms with Crippen LogP contribution in [0.25, 0.3) is 0 Å². The highest BCUT2D eigenvalue weighted by molar-refractivity contribution is 5.73. The predicted octanol–water partition coefficient (Wildman–Crippen LogP) is 3.49. The lowest BCUT2D eigenvalue weighted by atomic mass is 9.99. The number of carbonyl (C=O) groups is 1. The van der Waals surface area contributed by atoms with Crippen molar-refractivity contribution in [2.45, 2.75) is 25.4 Å². The van der Waals surface area contributed by atoms with Gasteiger partial charge in [-0.2, -0.15) is 13.2 Å². The van der Waals surface area contributed by atoms with Crippen LogP contribution in [-0.2, 0) is 10.9 Å². The van der Waals surface area contributed by atoms with Gasteiger partial charge in [-0.05, 0) is 24.0 Å². The molecule has 0 aliphatic carbocycles. The zero-order chi connectivity index (χ0) is 17.7. The van der Waals surface area contributed by atoms with E-state index in [1.165, 1.54) is 6.07 Å². The first-order valence-corrected chi connectivity index (χ1v) is 8.01. The minimum Gasteiger partial charge on any atom is -0.381 e. The maximum atomic E-state index is 12.8. The first-order valence-electron chi connectivity index (χ1n) is 8.01. The Kier molecular flexibility index (Phi) is 6.10. The summed E-state index contributed by atoms with van der Waals surface area (Å²) in [6.45, 7) is 4.08. The van der Waals surface area contributed by atoms with E-state index in [-0.39, 0.29) is 18.5 Å². The lowest BCUT2D eigenvalue weighted by Gasteiger charge is -2.22. The maximum Gasteiger partial charge on any atom is 0.416 e. The van der Waals surface area contributed by atoms with Crippen LogP contribution < -0.4 is 5.32 Å². The Morgan fingerprint density at radius 2 is 2.21 bits per heavy atom. The molecular formula is C17H23F3N2O2. The average Bonchev–Trinajstić information content (AvgIpc) is 3.04. The van der Waals surface area contributed by atoms with E-state index in [1.54, 1.807) is 24.9 Å². The lowest BCUT2D eigenvalue weighted by molar-refractivity contribution is -0.137. The highest BCUT2D eigenvalue weighted by Gasteiger charge is 2.30. The molecule has 0 bridgehead atoms. The van der Waals surface area contributed by atoms with Crippen LogP contribution in [0.15, 0.2) is 24.3 Å². The molecule has 1 saturated heterocycles. The normalized spacial score (nSPS) is 19.1. The van der Waals surface area contributed by atoms with Crippen LogP contribution in [0.4, 0.5) is 18.0 Å². The quantitative estimate of drug-likeness (QED) is 0.888. The number of alkyl halides is 3. The molecule has 7 heteroatoms. The minimum atomic E-state index is -4.36. The van der Waals surface area contributed by atoms with Crippen LogP contribution in [-0.4, -0.2) is 44.3 Å². The van der Waals surface area contributed by atoms with Gasteiger partial charge < -0.3 is 15.0 Å². The van der Waals surface area contributed by atoms with Crippen molar-refractivity contribution < 1.29 is 22.7 Å². The van der Waals surface area contributed by atoms with E-state index in [2.05, 4.69) is 5.32 Å². The van der Waals surface area contributed by atoms with Gasteiger partial charge >= 0.3 is 12.2 Å². The molecule has 0 radical (unpaired) electrons. The molecule has 134 valence electrons. The Morgan fingerprint density at radius 1 is 1.46 bits per heavy atom. The van der Waals surface area contributed by atoms with Crippen molar-refractivity contribution in [1.82, 2.24) is 10.2 Å². The molecule has 0 unspecified atom stereocenters. The summed E-state index contributed by atoms with van der Waals surface area (Å²) in [5.74, 6) is 0.140. The zero-order valence-electron chi connectivity index (χ0n) is 13.9. The van der Waals surface area contributed by atoms with Gasteiger partial charge in [0.15, 0.2) is 0 Å². The number of nitrogens with zero attached hydrogens (tertiary/aromatic N) is 1. The van der Waals surface area contributed by atoms with Crippen LogP contribution in [0, 0.1) is 5.92 Å². The molecule has 1 aliphatic rings. The van der Waals surface area contributed by atoms with Gasteiger partial charge in [0.1, 0.15) is 0 Å². The predicted molar refractivity (Wildman–Crippen MR) is 84.8 cm³/mol. The van der Waals surface area contributed by atoms with Gasteiger partial charge in [-0.25, -0.2) is 4.79 Å². The molecule has 1 aromatic rings. The molecule has 1 aromatic carbocycles. The minimum absolute atomic E-state index is 0.209. The number of amides is 2. The summed E-state index contributed by atoms with van der Waals surface area (Å²) in [5, 5.41) is 2.78. The molecular weight excluding hydrogens is 321 g/mol. The van der Waals surface area contributed by atoms with Crippen molar-refractivity contribution in [3.8, 4) is 0 Å². The molecule has 0 spiro atoms. The van der Waals surface area contributed by atoms with Gasteiger partial charge in [0.25, 0.3) is 0 Å². The summed E-state index contributed by atoms with van der Waals surface area (Å²) < 4.78 is 43.6. The fourth-order valence-electron chi connectivity index (χ4n) is 2.71. The van der Waals surface area contributed by atoms with Crippen molar-refractivity contribution >= 4 is 6.03 Å². The van der Waals surface area contributed by atoms with Gasteiger partial charge in [-0.15, -0.1) is 0 Å². The number of carbonyl (C=O) groups excluding carboxylic acids is 1. The second-order valence-corrected chi connectivity index (χ2v) is 6.32. The number of hydrogen-bond donors (Lipinski definition) is 1. The van der Waals surface area contributed by atoms with Crippen LogP contribution in [0.1, 0.15) is 30.4 Å². The molecule has 4 nitrogen and oxygen atoms in total. The van der Waals surface area contributed by atoms with Gasteiger partial charge in [0, 0.05) is 32.7 Å². The third-order valence-electron chi connectivity index (χ3n) is 4.25. The Morgan fingerprint density at radius 3 is 2.83 bits per heavy atom. The van der Waals surface area contributed by atoms with Crippen molar-refractivity contribution in [3.63, 3.8) is 0 Å². The molecule has 2 amide bonds. The second kappa shape index (κ2) is 7.88. The summed E-state index contributed by atoms with van der Waals surface area (Å²) >= 11 is 0. The largest absolute Gasteiger partial charge is 0.416 e. The van der Waals surface area contributed by atoms with Crippen LogP contribution in [0.3, 0.4) is 0 Å². The van der Waals surface area contributed by atoms with E-state index < -0.39 is 11.7 Å². The maximum absolute atomic E-state index is 12.8. The fourth-order valence-corrected chi connectivity index (χ4v) is 2.71. The first kappa shape index (κ1) is 18.6. The standard InChI is InChI=1S/C17H23F3N2O2/c1-12(14-4-3-5-15(8-14)17(18,19)20)9-21-16(23)22(2)10-13-6-7-24-11-13/h3-5,8,12-13H,6-7,9-11H2,1-2H3,(H,21,23)/t12-,13+/m1/s1. The number of ether oxygens (including phenoxy) is 1. The summed E-state index contributed by atoms with van der Waals surface area (Å²) in [4.78, 5) is 13.7. The Labute approximate surface area is 140 Å². The monoisotopic (exact) mass is 344 g/mol. The van der Waals surface area contributed by atoms with E-state index in [0.717, 1.165) is 25.2 Å². The molecule has 1 N–H and O–H groups in total. The summed E-state index contributed by atoms with van der Waals surface area (Å²) in [5.41, 5.74) is -0.117. The van der Waals surface area contributed by atoms with E-state index in [4.69, 9.17) is 4.74 Å². The van der Waals surface area contributed by atoms with Crippen molar-refractivity contribution in [2.75, 3.05) is 33.4 Å². The molecule has 2 atom stereocenters. The van der Waals surface area contributed by atoms with Crippen LogP contribution in [0.5, 0.6) is 0 Å². The van der Waals surface area contributed by atoms with Gasteiger partial charge in [0.05, 0.1) is 12.2 Å². The summed E-state index contributed by atoms with van der Waals surface area (Å²) in [7, 11) is 1.71. The molecule has 1 fully saturated rings. The second-order valence-electron chi connectivity index (χ2n) is 6.32. The van der Waals surface area contributed by atoms with Gasteiger partial charge in [0.2, 0.25) is 0 Å². The average molecular weight is 344 g/mol. The number of benzene rings is 1. The van der Waals surface area contributed by atoms with E-state index >= 15 is 0 Å². The summed E-state index contributed by atoms with van der Waals surface area (Å²) in [6, 6.07) is 5.00. The topological polar surface area (TPSA) is 41.6 Å². The summed E-state index contributed by atoms with van der Waals surface area (Å²) in [6.07, 6.45) is -3.42. The highest BCUT2D eigenvalue weighted by atomic mass is 19.4. The Bertz CT molecular complexity index is 557. The van der Waals surface area contributed by atoms with E-state index in [1.807, 2.05) is 0 Å². The molecule has 0 saturated carbocycles. The van der Waals surface area contributed by atoms with Crippen molar-refractivity contribution in [1.29, 1.82) is 0 Å². The van der Waals surface area contributed by atoms with Crippen LogP contribution in [0.2, 0.25) is 0 Å². The van der Waals surface area contributed by atoms with E-state index in [0.29, 0.717) is 24.6 Å². The fraction of sp³-hybridized carbons (Fsp3) is 0.588. The zero-order valence-corrected chi connectivity index (χ0v) is 13.9. The molecule has 1 aliphatic heterocycles. The number of hydrogen-bond acceptors (Lipinski definition) is 2. The van der Waals surface area contributed by atoms with Crippen molar-refractivity contribution in [3.05, 3.63) is 35.4 Å². The third-order valence-corrected chi connectivity index (χ3v) is 4.25. The Balaban J connectivity index is 1.85. The number of halogens is 3. The SMILES string of the molecule is C[C@H](CNC(=O)N(C)C[C@@H]1CCOC1)c1cccc(C(F)(F)F)c1. The first-order chi connectivity index (χ1) is 11.3. The lowest BCUT2D eigenvalue weighted by Crippen LogP contribution is -2.41. The van der Waals surface area contributed by atoms with Gasteiger partial charge in [-0.3, -0.25) is 0 Å². The van der Waals surface area contributed by atoms with Crippen molar-refractivity contribution in [2.24, 2.45) is 5.92 Å². The number of nitrogens with one attached hydrogen (secondary N) is 1. The smallest absolute Gasteiger partial charge is 0.381 e. The van der Waals surface area contributed by atoms with Crippen LogP contribution >= 0.6 is 0 Å². The molecule has 0 aromatic heterocycles. The molecule has 2 rings (SSSR count). The highest BCUT2D eigenvalue weighted by Crippen LogP contribution is 2.31. The molecule has 24 heavy (non-hydrogen) atoms. The third kappa shape index (κ3) is 5.12. The number of urea groups is 1.